The number of phosphoric ester groups is 1. The number of ether oxygens (including phenoxy) is 3. The van der Waals surface area contributed by atoms with Crippen LogP contribution in [0.5, 0.6) is 0 Å². The molecule has 0 radical (unpaired) electrons. The van der Waals surface area contributed by atoms with Gasteiger partial charge in [-0.05, 0) is 12.8 Å². The fourth-order valence-corrected chi connectivity index (χ4v) is 7.81. The van der Waals surface area contributed by atoms with Crippen molar-refractivity contribution in [2.24, 2.45) is 0 Å². The average Bonchev–Trinajstić information content (AvgIpc) is 3.42. The molecular formula is C16H24N5O14P3. The molecule has 2 aliphatic heterocycles. The number of H-pyrrole nitrogens is 1. The van der Waals surface area contributed by atoms with Gasteiger partial charge < -0.3 is 39.5 Å². The van der Waals surface area contributed by atoms with Gasteiger partial charge in [-0.2, -0.15) is 13.6 Å². The van der Waals surface area contributed by atoms with Crippen molar-refractivity contribution in [2.45, 2.75) is 62.4 Å². The largest absolute Gasteiger partial charge is 0.490 e. The molecule has 3 aliphatic rings. The Morgan fingerprint density at radius 2 is 1.76 bits per heavy atom. The summed E-state index contributed by atoms with van der Waals surface area (Å²) in [5.74, 6) is -1.12. The maximum atomic E-state index is 12.3. The molecule has 1 aliphatic carbocycles. The standard InChI is InChI=1S/C16H24N5O14P3/c17-15-19-12-9(13(22)20-15)18-7-21(12)14-11-10(32-16(33-11)4-2-1-3-5-16)8(31-14)6-30-37(26,27)35-38(28,29)34-36(23,24)25/h7-8,10-11,14H,1-6H2,(H,26,27)(H,28,29)(H2,23,24,25)(H3,17,19,20,22)/t8-,10+,11+,14-/m1/s1. The number of fused-ring (bicyclic) bond motifs is 2. The van der Waals surface area contributed by atoms with Gasteiger partial charge >= 0.3 is 23.5 Å². The number of hydrogen-bond acceptors (Lipinski definition) is 13. The average molecular weight is 603 g/mol. The molecule has 2 saturated heterocycles. The lowest BCUT2D eigenvalue weighted by Gasteiger charge is -2.34. The number of nitrogen functional groups attached to an aromatic ring is 1. The third kappa shape index (κ3) is 5.81. The molecule has 19 nitrogen and oxygen atoms in total. The summed E-state index contributed by atoms with van der Waals surface area (Å²) in [5.41, 5.74) is 5.15. The number of nitrogens with zero attached hydrogens (tertiary/aromatic N) is 3. The predicted octanol–water partition coefficient (Wildman–Crippen LogP) is 0.387. The van der Waals surface area contributed by atoms with Crippen molar-refractivity contribution in [3.8, 4) is 0 Å². The number of nitrogens with one attached hydrogen (secondary N) is 1. The molecule has 0 bridgehead atoms. The summed E-state index contributed by atoms with van der Waals surface area (Å²) < 4.78 is 66.9. The number of nitrogens with two attached hydrogens (primary N) is 1. The van der Waals surface area contributed by atoms with E-state index < -0.39 is 66.0 Å². The Morgan fingerprint density at radius 3 is 2.45 bits per heavy atom. The zero-order chi connectivity index (χ0) is 27.5. The van der Waals surface area contributed by atoms with Crippen molar-refractivity contribution in [1.29, 1.82) is 0 Å². The van der Waals surface area contributed by atoms with Crippen molar-refractivity contribution >= 4 is 40.6 Å². The minimum Gasteiger partial charge on any atom is -0.369 e. The van der Waals surface area contributed by atoms with Gasteiger partial charge in [0.1, 0.15) is 18.3 Å². The van der Waals surface area contributed by atoms with E-state index >= 15 is 0 Å². The minimum atomic E-state index is -5.70. The van der Waals surface area contributed by atoms with E-state index in [-0.39, 0.29) is 17.1 Å². The van der Waals surface area contributed by atoms with Gasteiger partial charge in [0.05, 0.1) is 12.9 Å². The summed E-state index contributed by atoms with van der Waals surface area (Å²) in [4.78, 5) is 59.4. The highest BCUT2D eigenvalue weighted by Crippen LogP contribution is 2.66. The number of aromatic nitrogens is 4. The number of phosphoric acid groups is 3. The molecule has 5 rings (SSSR count). The molecule has 3 fully saturated rings. The molecule has 1 spiro atoms. The van der Waals surface area contributed by atoms with E-state index in [0.29, 0.717) is 12.8 Å². The fourth-order valence-electron chi connectivity index (χ4n) is 4.78. The molecule has 0 amide bonds. The van der Waals surface area contributed by atoms with Crippen LogP contribution >= 0.6 is 23.5 Å². The molecule has 212 valence electrons. The third-order valence-corrected chi connectivity index (χ3v) is 9.95. The molecule has 4 heterocycles. The van der Waals surface area contributed by atoms with E-state index in [0.717, 1.165) is 19.3 Å². The first-order chi connectivity index (χ1) is 17.7. The molecule has 2 aromatic rings. The monoisotopic (exact) mass is 603 g/mol. The quantitative estimate of drug-likeness (QED) is 0.222. The molecule has 2 aromatic heterocycles. The Kier molecular flexibility index (Phi) is 7.23. The molecule has 7 N–H and O–H groups in total. The molecular weight excluding hydrogens is 579 g/mol. The lowest BCUT2D eigenvalue weighted by molar-refractivity contribution is -0.232. The summed E-state index contributed by atoms with van der Waals surface area (Å²) in [5, 5.41) is 0. The molecule has 2 unspecified atom stereocenters. The van der Waals surface area contributed by atoms with Crippen LogP contribution in [-0.4, -0.2) is 69.8 Å². The van der Waals surface area contributed by atoms with Gasteiger partial charge in [0, 0.05) is 12.8 Å². The van der Waals surface area contributed by atoms with Crippen molar-refractivity contribution in [2.75, 3.05) is 12.3 Å². The van der Waals surface area contributed by atoms with Crippen LogP contribution in [0.3, 0.4) is 0 Å². The first kappa shape index (κ1) is 28.0. The van der Waals surface area contributed by atoms with Crippen molar-refractivity contribution in [3.63, 3.8) is 0 Å². The van der Waals surface area contributed by atoms with Crippen molar-refractivity contribution in [1.82, 2.24) is 19.5 Å². The summed E-state index contributed by atoms with van der Waals surface area (Å²) in [7, 11) is -16.7. The Bertz CT molecular complexity index is 1420. The Labute approximate surface area is 212 Å². The number of hydrogen-bond donors (Lipinski definition) is 6. The topological polar surface area (TPSA) is 277 Å². The van der Waals surface area contributed by atoms with Gasteiger partial charge in [0.2, 0.25) is 5.95 Å². The van der Waals surface area contributed by atoms with E-state index in [2.05, 4.69) is 23.6 Å². The van der Waals surface area contributed by atoms with E-state index in [1.54, 1.807) is 0 Å². The van der Waals surface area contributed by atoms with Crippen LogP contribution < -0.4 is 11.3 Å². The second kappa shape index (κ2) is 9.82. The van der Waals surface area contributed by atoms with Crippen LogP contribution in [0.2, 0.25) is 0 Å². The zero-order valence-electron chi connectivity index (χ0n) is 19.3. The summed E-state index contributed by atoms with van der Waals surface area (Å²) in [6, 6.07) is 0. The van der Waals surface area contributed by atoms with Crippen LogP contribution in [0, 0.1) is 0 Å². The highest BCUT2D eigenvalue weighted by Gasteiger charge is 2.59. The lowest BCUT2D eigenvalue weighted by atomic mass is 9.94. The third-order valence-electron chi connectivity index (χ3n) is 6.15. The Balaban J connectivity index is 1.39. The van der Waals surface area contributed by atoms with E-state index in [9.17, 15) is 28.3 Å². The summed E-state index contributed by atoms with van der Waals surface area (Å²) in [6.45, 7) is -0.746. The number of aromatic amines is 1. The second-order valence-electron chi connectivity index (χ2n) is 8.86. The van der Waals surface area contributed by atoms with Crippen LogP contribution in [0.15, 0.2) is 11.1 Å². The summed E-state index contributed by atoms with van der Waals surface area (Å²) in [6.07, 6.45) is 1.27. The van der Waals surface area contributed by atoms with Crippen molar-refractivity contribution in [3.05, 3.63) is 16.7 Å². The van der Waals surface area contributed by atoms with Gasteiger partial charge in [-0.1, -0.05) is 6.42 Å². The minimum absolute atomic E-state index is 0.0256. The summed E-state index contributed by atoms with van der Waals surface area (Å²) >= 11 is 0. The van der Waals surface area contributed by atoms with Gasteiger partial charge in [-0.15, -0.1) is 0 Å². The van der Waals surface area contributed by atoms with Gasteiger partial charge in [-0.25, -0.2) is 18.7 Å². The highest BCUT2D eigenvalue weighted by atomic mass is 31.3. The van der Waals surface area contributed by atoms with E-state index in [1.807, 2.05) is 0 Å². The predicted molar refractivity (Wildman–Crippen MR) is 122 cm³/mol. The highest BCUT2D eigenvalue weighted by molar-refractivity contribution is 7.66. The SMILES string of the molecule is Nc1nc2c(ncn2[C@@H]2O[C@H](COP(=O)(O)OP(=O)(O)OP(=O)(O)O)[C@@H]3OC4(CCCCC4)O[C@@H]32)c(=O)[nH]1. The number of imidazole rings is 1. The van der Waals surface area contributed by atoms with E-state index in [1.165, 1.54) is 10.9 Å². The lowest BCUT2D eigenvalue weighted by Crippen LogP contribution is -2.37. The van der Waals surface area contributed by atoms with Gasteiger partial charge in [0.25, 0.3) is 5.56 Å². The fraction of sp³-hybridized carbons (Fsp3) is 0.688. The molecule has 0 aromatic carbocycles. The first-order valence-electron chi connectivity index (χ1n) is 11.2. The van der Waals surface area contributed by atoms with Crippen LogP contribution in [0.25, 0.3) is 11.2 Å². The van der Waals surface area contributed by atoms with Crippen molar-refractivity contribution < 1.29 is 60.6 Å². The Hall–Kier alpha value is -1.56. The maximum Gasteiger partial charge on any atom is 0.490 e. The normalized spacial score (nSPS) is 30.3. The first-order valence-corrected chi connectivity index (χ1v) is 15.7. The van der Waals surface area contributed by atoms with E-state index in [4.69, 9.17) is 34.3 Å². The van der Waals surface area contributed by atoms with Gasteiger partial charge in [-0.3, -0.25) is 18.9 Å². The van der Waals surface area contributed by atoms with Crippen LogP contribution in [0.1, 0.15) is 38.3 Å². The zero-order valence-corrected chi connectivity index (χ0v) is 21.9. The van der Waals surface area contributed by atoms with Crippen LogP contribution in [-0.2, 0) is 41.1 Å². The smallest absolute Gasteiger partial charge is 0.369 e. The van der Waals surface area contributed by atoms with Gasteiger partial charge in [0.15, 0.2) is 23.2 Å². The number of rotatable bonds is 8. The molecule has 1 saturated carbocycles. The van der Waals surface area contributed by atoms with Crippen LogP contribution in [0.4, 0.5) is 5.95 Å². The molecule has 38 heavy (non-hydrogen) atoms. The molecule has 6 atom stereocenters. The molecule has 22 heteroatoms. The second-order valence-corrected chi connectivity index (χ2v) is 13.3. The maximum absolute atomic E-state index is 12.3. The number of anilines is 1. The Morgan fingerprint density at radius 1 is 1.08 bits per heavy atom.